The number of aryl methyl sites for hydroxylation is 1. The van der Waals surface area contributed by atoms with Gasteiger partial charge in [0.15, 0.2) is 11.5 Å². The molecule has 7 nitrogen and oxygen atoms in total. The first-order chi connectivity index (χ1) is 13.2. The number of nitrogens with one attached hydrogen (secondary N) is 1. The molecular formula is C20H28N4O3. The van der Waals surface area contributed by atoms with Crippen LogP contribution < -0.4 is 19.7 Å². The summed E-state index contributed by atoms with van der Waals surface area (Å²) in [6.07, 6.45) is 2.45. The summed E-state index contributed by atoms with van der Waals surface area (Å²) < 4.78 is 10.9. The van der Waals surface area contributed by atoms with E-state index < -0.39 is 0 Å². The van der Waals surface area contributed by atoms with Crippen LogP contribution in [-0.2, 0) is 19.4 Å². The summed E-state index contributed by atoms with van der Waals surface area (Å²) in [4.78, 5) is 11.5. The van der Waals surface area contributed by atoms with Crippen LogP contribution in [-0.4, -0.2) is 49.0 Å². The SMILES string of the molecule is CCc1cc(N2CCc3cc(OC)c(OC)cc3C2)nc(NCCCO)n1. The Labute approximate surface area is 160 Å². The van der Waals surface area contributed by atoms with Gasteiger partial charge < -0.3 is 24.8 Å². The van der Waals surface area contributed by atoms with Gasteiger partial charge in [-0.15, -0.1) is 0 Å². The van der Waals surface area contributed by atoms with E-state index in [1.807, 2.05) is 0 Å². The van der Waals surface area contributed by atoms with Crippen LogP contribution in [0.3, 0.4) is 0 Å². The van der Waals surface area contributed by atoms with Gasteiger partial charge >= 0.3 is 0 Å². The molecule has 0 aliphatic carbocycles. The van der Waals surface area contributed by atoms with Crippen LogP contribution in [0.15, 0.2) is 18.2 Å². The van der Waals surface area contributed by atoms with E-state index >= 15 is 0 Å². The van der Waals surface area contributed by atoms with Gasteiger partial charge in [-0.25, -0.2) is 4.98 Å². The fourth-order valence-corrected chi connectivity index (χ4v) is 3.26. The van der Waals surface area contributed by atoms with Crippen LogP contribution in [0.5, 0.6) is 11.5 Å². The highest BCUT2D eigenvalue weighted by molar-refractivity contribution is 5.53. The molecule has 0 unspecified atom stereocenters. The highest BCUT2D eigenvalue weighted by Gasteiger charge is 2.21. The second kappa shape index (κ2) is 8.90. The quantitative estimate of drug-likeness (QED) is 0.689. The van der Waals surface area contributed by atoms with Crippen molar-refractivity contribution in [1.82, 2.24) is 9.97 Å². The maximum absolute atomic E-state index is 8.97. The van der Waals surface area contributed by atoms with E-state index in [0.29, 0.717) is 18.9 Å². The lowest BCUT2D eigenvalue weighted by Gasteiger charge is -2.31. The molecule has 0 atom stereocenters. The fourth-order valence-electron chi connectivity index (χ4n) is 3.26. The number of aliphatic hydroxyl groups is 1. The zero-order chi connectivity index (χ0) is 19.2. The molecule has 3 rings (SSSR count). The minimum atomic E-state index is 0.154. The largest absolute Gasteiger partial charge is 0.493 e. The average molecular weight is 372 g/mol. The Kier molecular flexibility index (Phi) is 6.34. The number of hydrogen-bond acceptors (Lipinski definition) is 7. The van der Waals surface area contributed by atoms with E-state index in [-0.39, 0.29) is 6.61 Å². The van der Waals surface area contributed by atoms with E-state index in [4.69, 9.17) is 19.6 Å². The molecule has 0 saturated carbocycles. The molecule has 1 aliphatic heterocycles. The van der Waals surface area contributed by atoms with Gasteiger partial charge in [0, 0.05) is 38.0 Å². The van der Waals surface area contributed by atoms with Gasteiger partial charge in [0.2, 0.25) is 5.95 Å². The smallest absolute Gasteiger partial charge is 0.224 e. The van der Waals surface area contributed by atoms with E-state index in [1.165, 1.54) is 11.1 Å². The monoisotopic (exact) mass is 372 g/mol. The Bertz CT molecular complexity index is 782. The summed E-state index contributed by atoms with van der Waals surface area (Å²) >= 11 is 0. The number of aliphatic hydroxyl groups excluding tert-OH is 1. The Morgan fingerprint density at radius 2 is 1.85 bits per heavy atom. The van der Waals surface area contributed by atoms with Gasteiger partial charge in [-0.3, -0.25) is 0 Å². The Morgan fingerprint density at radius 1 is 1.11 bits per heavy atom. The van der Waals surface area contributed by atoms with E-state index in [0.717, 1.165) is 48.9 Å². The Morgan fingerprint density at radius 3 is 2.52 bits per heavy atom. The highest BCUT2D eigenvalue weighted by atomic mass is 16.5. The molecule has 2 heterocycles. The van der Waals surface area contributed by atoms with Gasteiger partial charge in [-0.05, 0) is 42.5 Å². The molecule has 1 aromatic heterocycles. The molecule has 0 amide bonds. The normalized spacial score (nSPS) is 13.3. The van der Waals surface area contributed by atoms with Crippen molar-refractivity contribution in [2.75, 3.05) is 44.1 Å². The topological polar surface area (TPSA) is 79.7 Å². The summed E-state index contributed by atoms with van der Waals surface area (Å²) in [5.41, 5.74) is 3.52. The van der Waals surface area contributed by atoms with Crippen molar-refractivity contribution >= 4 is 11.8 Å². The highest BCUT2D eigenvalue weighted by Crippen LogP contribution is 2.34. The van der Waals surface area contributed by atoms with Crippen molar-refractivity contribution in [3.05, 3.63) is 35.0 Å². The van der Waals surface area contributed by atoms with Crippen LogP contribution in [0.25, 0.3) is 0 Å². The minimum absolute atomic E-state index is 0.154. The molecule has 0 spiro atoms. The summed E-state index contributed by atoms with van der Waals surface area (Å²) in [6, 6.07) is 6.19. The lowest BCUT2D eigenvalue weighted by atomic mass is 9.98. The Balaban J connectivity index is 1.84. The zero-order valence-electron chi connectivity index (χ0n) is 16.3. The standard InChI is InChI=1S/C20H28N4O3/c1-4-16-12-19(23-20(22-16)21-7-5-9-25)24-8-6-14-10-17(26-2)18(27-3)11-15(14)13-24/h10-12,25H,4-9,13H2,1-3H3,(H,21,22,23). The molecule has 0 radical (unpaired) electrons. The molecule has 2 aromatic rings. The molecular weight excluding hydrogens is 344 g/mol. The molecule has 1 aliphatic rings. The maximum Gasteiger partial charge on any atom is 0.224 e. The predicted molar refractivity (Wildman–Crippen MR) is 106 cm³/mol. The number of hydrogen-bond donors (Lipinski definition) is 2. The van der Waals surface area contributed by atoms with Crippen LogP contribution in [0.2, 0.25) is 0 Å². The molecule has 0 fully saturated rings. The molecule has 27 heavy (non-hydrogen) atoms. The summed E-state index contributed by atoms with van der Waals surface area (Å²) in [6.45, 7) is 4.56. The molecule has 146 valence electrons. The van der Waals surface area contributed by atoms with Crippen LogP contribution in [0, 0.1) is 0 Å². The van der Waals surface area contributed by atoms with E-state index in [2.05, 4.69) is 40.3 Å². The first-order valence-corrected chi connectivity index (χ1v) is 9.39. The van der Waals surface area contributed by atoms with Crippen molar-refractivity contribution in [2.24, 2.45) is 0 Å². The van der Waals surface area contributed by atoms with Gasteiger partial charge in [0.05, 0.1) is 14.2 Å². The lowest BCUT2D eigenvalue weighted by Crippen LogP contribution is -2.31. The summed E-state index contributed by atoms with van der Waals surface area (Å²) in [7, 11) is 3.32. The van der Waals surface area contributed by atoms with Crippen molar-refractivity contribution in [3.63, 3.8) is 0 Å². The van der Waals surface area contributed by atoms with Gasteiger partial charge in [-0.2, -0.15) is 4.98 Å². The number of ether oxygens (including phenoxy) is 2. The number of anilines is 2. The number of aromatic nitrogens is 2. The zero-order valence-corrected chi connectivity index (χ0v) is 16.3. The van der Waals surface area contributed by atoms with Crippen LogP contribution in [0.4, 0.5) is 11.8 Å². The summed E-state index contributed by atoms with van der Waals surface area (Å²) in [5, 5.41) is 12.2. The van der Waals surface area contributed by atoms with Gasteiger partial charge in [0.25, 0.3) is 0 Å². The lowest BCUT2D eigenvalue weighted by molar-refractivity contribution is 0.292. The third-order valence-corrected chi connectivity index (χ3v) is 4.79. The number of benzene rings is 1. The van der Waals surface area contributed by atoms with Crippen molar-refractivity contribution < 1.29 is 14.6 Å². The molecule has 0 saturated heterocycles. The van der Waals surface area contributed by atoms with Crippen LogP contribution >= 0.6 is 0 Å². The number of fused-ring (bicyclic) bond motifs is 1. The molecule has 7 heteroatoms. The second-order valence-corrected chi connectivity index (χ2v) is 6.55. The number of rotatable bonds is 8. The minimum Gasteiger partial charge on any atom is -0.493 e. The first kappa shape index (κ1) is 19.2. The third kappa shape index (κ3) is 4.42. The Hall–Kier alpha value is -2.54. The van der Waals surface area contributed by atoms with Crippen molar-refractivity contribution in [3.8, 4) is 11.5 Å². The van der Waals surface area contributed by atoms with Crippen molar-refractivity contribution in [1.29, 1.82) is 0 Å². The summed E-state index contributed by atoms with van der Waals surface area (Å²) in [5.74, 6) is 3.07. The van der Waals surface area contributed by atoms with Crippen molar-refractivity contribution in [2.45, 2.75) is 32.7 Å². The van der Waals surface area contributed by atoms with Gasteiger partial charge in [0.1, 0.15) is 5.82 Å². The molecule has 0 bridgehead atoms. The average Bonchev–Trinajstić information content (AvgIpc) is 2.72. The molecule has 1 aromatic carbocycles. The van der Waals surface area contributed by atoms with Gasteiger partial charge in [-0.1, -0.05) is 6.92 Å². The number of methoxy groups -OCH3 is 2. The molecule has 2 N–H and O–H groups in total. The maximum atomic E-state index is 8.97. The predicted octanol–water partition coefficient (Wildman–Crippen LogP) is 2.41. The third-order valence-electron chi connectivity index (χ3n) is 4.79. The fraction of sp³-hybridized carbons (Fsp3) is 0.500. The van der Waals surface area contributed by atoms with E-state index in [9.17, 15) is 0 Å². The van der Waals surface area contributed by atoms with Crippen LogP contribution in [0.1, 0.15) is 30.2 Å². The van der Waals surface area contributed by atoms with E-state index in [1.54, 1.807) is 14.2 Å². The second-order valence-electron chi connectivity index (χ2n) is 6.55. The number of nitrogens with zero attached hydrogens (tertiary/aromatic N) is 3. The first-order valence-electron chi connectivity index (χ1n) is 9.39.